The summed E-state index contributed by atoms with van der Waals surface area (Å²) in [4.78, 5) is 10.4. The zero-order chi connectivity index (χ0) is 8.55. The molecule has 0 unspecified atom stereocenters. The predicted molar refractivity (Wildman–Crippen MR) is 42.3 cm³/mol. The molecule has 1 saturated carbocycles. The Balaban J connectivity index is 2.11. The van der Waals surface area contributed by atoms with Gasteiger partial charge in [0.25, 0.3) is 0 Å². The van der Waals surface area contributed by atoms with Gasteiger partial charge in [-0.3, -0.25) is 0 Å². The van der Waals surface area contributed by atoms with Crippen molar-refractivity contribution in [2.45, 2.75) is 12.3 Å². The van der Waals surface area contributed by atoms with Crippen LogP contribution in [0.4, 0.5) is 0 Å². The largest absolute Gasteiger partial charge is 0.550 e. The molecule has 2 nitrogen and oxygen atoms in total. The molecule has 2 heteroatoms. The number of carbonyl (C=O) groups is 1. The number of carboxylic acids is 1. The van der Waals surface area contributed by atoms with Crippen molar-refractivity contribution in [3.63, 3.8) is 0 Å². The fourth-order valence-electron chi connectivity index (χ4n) is 1.52. The van der Waals surface area contributed by atoms with Crippen molar-refractivity contribution in [1.29, 1.82) is 0 Å². The third-order valence-electron chi connectivity index (χ3n) is 2.32. The second kappa shape index (κ2) is 2.63. The fourth-order valence-corrected chi connectivity index (χ4v) is 1.52. The van der Waals surface area contributed by atoms with Crippen molar-refractivity contribution in [3.8, 4) is 0 Å². The number of carboxylic acid groups (broad SMARTS) is 1. The first-order valence-corrected chi connectivity index (χ1v) is 4.05. The molecule has 1 fully saturated rings. The van der Waals surface area contributed by atoms with Crippen LogP contribution < -0.4 is 5.11 Å². The van der Waals surface area contributed by atoms with Gasteiger partial charge in [0, 0.05) is 11.9 Å². The topological polar surface area (TPSA) is 40.1 Å². The zero-order valence-corrected chi connectivity index (χ0v) is 6.57. The Labute approximate surface area is 70.8 Å². The summed E-state index contributed by atoms with van der Waals surface area (Å²) in [7, 11) is 0. The summed E-state index contributed by atoms with van der Waals surface area (Å²) in [6.45, 7) is 0. The third-order valence-corrected chi connectivity index (χ3v) is 2.32. The van der Waals surface area contributed by atoms with E-state index in [2.05, 4.69) is 0 Å². The maximum Gasteiger partial charge on any atom is 0.0451 e. The zero-order valence-electron chi connectivity index (χ0n) is 6.57. The van der Waals surface area contributed by atoms with Crippen LogP contribution in [0.3, 0.4) is 0 Å². The molecule has 0 bridgehead atoms. The second-order valence-corrected chi connectivity index (χ2v) is 3.18. The lowest BCUT2D eigenvalue weighted by Gasteiger charge is -2.00. The smallest absolute Gasteiger partial charge is 0.0451 e. The number of hydrogen-bond acceptors (Lipinski definition) is 2. The first-order valence-electron chi connectivity index (χ1n) is 4.05. The van der Waals surface area contributed by atoms with Crippen LogP contribution >= 0.6 is 0 Å². The van der Waals surface area contributed by atoms with Gasteiger partial charge in [-0.25, -0.2) is 0 Å². The van der Waals surface area contributed by atoms with Crippen LogP contribution in [0.5, 0.6) is 0 Å². The van der Waals surface area contributed by atoms with E-state index in [-0.39, 0.29) is 11.8 Å². The highest BCUT2D eigenvalue weighted by Crippen LogP contribution is 2.46. The lowest BCUT2D eigenvalue weighted by atomic mass is 10.1. The standard InChI is InChI=1S/C10H10O2/c11-10(12)9-6-8(9)7-4-2-1-3-5-7/h1-5,8-9H,6H2,(H,11,12)/p-1/t8-,9+/m1/s1. The minimum atomic E-state index is -0.913. The van der Waals surface area contributed by atoms with Crippen LogP contribution in [-0.4, -0.2) is 5.97 Å². The third kappa shape index (κ3) is 1.20. The van der Waals surface area contributed by atoms with Crippen LogP contribution in [0.2, 0.25) is 0 Å². The van der Waals surface area contributed by atoms with E-state index in [1.54, 1.807) is 0 Å². The van der Waals surface area contributed by atoms with E-state index < -0.39 is 5.97 Å². The molecule has 0 aromatic heterocycles. The van der Waals surface area contributed by atoms with Crippen LogP contribution in [0.1, 0.15) is 17.9 Å². The number of carbonyl (C=O) groups excluding carboxylic acids is 1. The van der Waals surface area contributed by atoms with E-state index >= 15 is 0 Å². The summed E-state index contributed by atoms with van der Waals surface area (Å²) >= 11 is 0. The molecule has 0 N–H and O–H groups in total. The number of benzene rings is 1. The van der Waals surface area contributed by atoms with Crippen molar-refractivity contribution < 1.29 is 9.90 Å². The molecule has 1 aromatic rings. The summed E-state index contributed by atoms with van der Waals surface area (Å²) in [5.74, 6) is -0.951. The summed E-state index contributed by atoms with van der Waals surface area (Å²) < 4.78 is 0. The minimum absolute atomic E-state index is 0.205. The Bertz CT molecular complexity index is 292. The first kappa shape index (κ1) is 7.35. The average Bonchev–Trinajstić information content (AvgIpc) is 2.84. The summed E-state index contributed by atoms with van der Waals surface area (Å²) in [5, 5.41) is 10.4. The van der Waals surface area contributed by atoms with Crippen molar-refractivity contribution in [2.75, 3.05) is 0 Å². The molecule has 0 radical (unpaired) electrons. The number of rotatable bonds is 2. The summed E-state index contributed by atoms with van der Waals surface area (Å²) in [5.41, 5.74) is 1.12. The van der Waals surface area contributed by atoms with Gasteiger partial charge in [-0.1, -0.05) is 30.3 Å². The van der Waals surface area contributed by atoms with Gasteiger partial charge in [-0.15, -0.1) is 0 Å². The molecular formula is C10H9O2-. The Kier molecular flexibility index (Phi) is 1.61. The quantitative estimate of drug-likeness (QED) is 0.635. The van der Waals surface area contributed by atoms with Gasteiger partial charge >= 0.3 is 0 Å². The van der Waals surface area contributed by atoms with Crippen LogP contribution in [0.15, 0.2) is 30.3 Å². The summed E-state index contributed by atoms with van der Waals surface area (Å²) in [6, 6.07) is 9.72. The molecule has 1 aromatic carbocycles. The van der Waals surface area contributed by atoms with E-state index in [9.17, 15) is 9.90 Å². The van der Waals surface area contributed by atoms with Crippen LogP contribution in [0.25, 0.3) is 0 Å². The molecule has 2 atom stereocenters. The van der Waals surface area contributed by atoms with E-state index in [0.717, 1.165) is 12.0 Å². The molecule has 0 aliphatic heterocycles. The molecule has 0 heterocycles. The van der Waals surface area contributed by atoms with Gasteiger partial charge in [0.2, 0.25) is 0 Å². The Hall–Kier alpha value is -1.31. The van der Waals surface area contributed by atoms with Crippen LogP contribution in [0, 0.1) is 5.92 Å². The molecule has 2 rings (SSSR count). The van der Waals surface area contributed by atoms with Gasteiger partial charge < -0.3 is 9.90 Å². The number of hydrogen-bond donors (Lipinski definition) is 0. The van der Waals surface area contributed by atoms with Crippen molar-refractivity contribution in [3.05, 3.63) is 35.9 Å². The second-order valence-electron chi connectivity index (χ2n) is 3.18. The normalized spacial score (nSPS) is 26.7. The lowest BCUT2D eigenvalue weighted by molar-refractivity contribution is -0.308. The average molecular weight is 161 g/mol. The first-order chi connectivity index (χ1) is 5.79. The number of aliphatic carboxylic acids is 1. The minimum Gasteiger partial charge on any atom is -0.550 e. The maximum atomic E-state index is 10.4. The fraction of sp³-hybridized carbons (Fsp3) is 0.300. The van der Waals surface area contributed by atoms with Crippen LogP contribution in [-0.2, 0) is 4.79 Å². The van der Waals surface area contributed by atoms with E-state index in [4.69, 9.17) is 0 Å². The molecule has 0 spiro atoms. The van der Waals surface area contributed by atoms with Gasteiger partial charge in [0.05, 0.1) is 0 Å². The van der Waals surface area contributed by atoms with Crippen molar-refractivity contribution in [2.24, 2.45) is 5.92 Å². The summed E-state index contributed by atoms with van der Waals surface area (Å²) in [6.07, 6.45) is 0.742. The molecule has 1 aliphatic rings. The van der Waals surface area contributed by atoms with E-state index in [1.165, 1.54) is 0 Å². The van der Waals surface area contributed by atoms with Crippen molar-refractivity contribution >= 4 is 5.97 Å². The maximum absolute atomic E-state index is 10.4. The SMILES string of the molecule is O=C([O-])[C@H]1C[C@@H]1c1ccccc1. The highest BCUT2D eigenvalue weighted by atomic mass is 16.4. The molecule has 62 valence electrons. The van der Waals surface area contributed by atoms with Gasteiger partial charge in [-0.05, 0) is 17.9 Å². The Morgan fingerprint density at radius 2 is 2.00 bits per heavy atom. The lowest BCUT2D eigenvalue weighted by Crippen LogP contribution is -2.24. The van der Waals surface area contributed by atoms with E-state index in [1.807, 2.05) is 30.3 Å². The van der Waals surface area contributed by atoms with E-state index in [0.29, 0.717) is 0 Å². The highest BCUT2D eigenvalue weighted by molar-refractivity contribution is 5.73. The molecular weight excluding hydrogens is 152 g/mol. The van der Waals surface area contributed by atoms with Gasteiger partial charge in [0.1, 0.15) is 0 Å². The predicted octanol–water partition coefficient (Wildman–Crippen LogP) is 0.540. The highest BCUT2D eigenvalue weighted by Gasteiger charge is 2.38. The monoisotopic (exact) mass is 161 g/mol. The molecule has 1 aliphatic carbocycles. The van der Waals surface area contributed by atoms with Gasteiger partial charge in [-0.2, -0.15) is 0 Å². The Morgan fingerprint density at radius 3 is 2.50 bits per heavy atom. The Morgan fingerprint density at radius 1 is 1.33 bits per heavy atom. The molecule has 12 heavy (non-hydrogen) atoms. The molecule has 0 amide bonds. The van der Waals surface area contributed by atoms with Crippen molar-refractivity contribution in [1.82, 2.24) is 0 Å². The molecule has 0 saturated heterocycles. The van der Waals surface area contributed by atoms with Gasteiger partial charge in [0.15, 0.2) is 0 Å².